The molecule has 3 aromatic rings. The molecule has 0 spiro atoms. The second-order valence-electron chi connectivity index (χ2n) is 6.15. The van der Waals surface area contributed by atoms with E-state index >= 15 is 0 Å². The zero-order valence-corrected chi connectivity index (χ0v) is 15.0. The summed E-state index contributed by atoms with van der Waals surface area (Å²) in [5, 5.41) is 0.938. The molecule has 0 amide bonds. The number of allylic oxidation sites excluding steroid dienone is 1. The summed E-state index contributed by atoms with van der Waals surface area (Å²) in [7, 11) is 0. The first-order valence-corrected chi connectivity index (χ1v) is 8.82. The van der Waals surface area contributed by atoms with Gasteiger partial charge in [-0.3, -0.25) is 4.79 Å². The Morgan fingerprint density at radius 1 is 1.29 bits per heavy atom. The summed E-state index contributed by atoms with van der Waals surface area (Å²) in [5.41, 5.74) is 2.51. The molecule has 0 bridgehead atoms. The lowest BCUT2D eigenvalue weighted by Crippen LogP contribution is -2.17. The van der Waals surface area contributed by atoms with Crippen LogP contribution < -0.4 is 10.2 Å². The molecule has 0 radical (unpaired) electrons. The number of fused-ring (bicyclic) bond motifs is 4. The van der Waals surface area contributed by atoms with Crippen molar-refractivity contribution in [1.82, 2.24) is 0 Å². The van der Waals surface area contributed by atoms with Gasteiger partial charge in [0, 0.05) is 15.5 Å². The Morgan fingerprint density at radius 2 is 2.08 bits per heavy atom. The molecule has 1 unspecified atom stereocenters. The van der Waals surface area contributed by atoms with Crippen LogP contribution in [0, 0.1) is 6.92 Å². The van der Waals surface area contributed by atoms with E-state index in [1.54, 1.807) is 29.5 Å². The normalized spacial score (nSPS) is 15.6. The van der Waals surface area contributed by atoms with Crippen LogP contribution in [0.15, 0.2) is 45.1 Å². The Hall–Kier alpha value is -2.04. The van der Waals surface area contributed by atoms with E-state index in [0.29, 0.717) is 21.8 Å². The van der Waals surface area contributed by atoms with Gasteiger partial charge >= 0.3 is 0 Å². The van der Waals surface area contributed by atoms with Crippen LogP contribution in [0.4, 0.5) is 0 Å². The Morgan fingerprint density at radius 3 is 2.83 bits per heavy atom. The molecule has 5 heteroatoms. The lowest BCUT2D eigenvalue weighted by molar-refractivity contribution is 0.242. The van der Waals surface area contributed by atoms with Crippen LogP contribution in [0.2, 0.25) is 5.02 Å². The Bertz CT molecular complexity index is 1050. The highest BCUT2D eigenvalue weighted by atomic mass is 35.5. The average Bonchev–Trinajstić information content (AvgIpc) is 2.91. The third-order valence-corrected chi connectivity index (χ3v) is 5.24. The van der Waals surface area contributed by atoms with E-state index in [-0.39, 0.29) is 17.3 Å². The molecular weight excluding hydrogens is 344 g/mol. The maximum atomic E-state index is 12.9. The van der Waals surface area contributed by atoms with Crippen molar-refractivity contribution < 1.29 is 9.15 Å². The van der Waals surface area contributed by atoms with Crippen molar-refractivity contribution in [2.45, 2.75) is 26.9 Å². The van der Waals surface area contributed by atoms with Gasteiger partial charge in [0.05, 0.1) is 10.3 Å². The van der Waals surface area contributed by atoms with E-state index in [9.17, 15) is 4.79 Å². The molecule has 1 aliphatic rings. The van der Waals surface area contributed by atoms with Crippen molar-refractivity contribution in [1.29, 1.82) is 0 Å². The summed E-state index contributed by atoms with van der Waals surface area (Å²) < 4.78 is 12.1. The summed E-state index contributed by atoms with van der Waals surface area (Å²) in [5.74, 6) is 0.781. The van der Waals surface area contributed by atoms with E-state index in [2.05, 4.69) is 6.07 Å². The highest BCUT2D eigenvalue weighted by Crippen LogP contribution is 2.47. The topological polar surface area (TPSA) is 39.4 Å². The molecule has 0 fully saturated rings. The number of ether oxygens (including phenoxy) is 1. The lowest BCUT2D eigenvalue weighted by atomic mass is 10.0. The van der Waals surface area contributed by atoms with E-state index in [1.165, 1.54) is 0 Å². The monoisotopic (exact) mass is 358 g/mol. The van der Waals surface area contributed by atoms with Gasteiger partial charge in [-0.2, -0.15) is 0 Å². The molecule has 3 nitrogen and oxygen atoms in total. The molecule has 122 valence electrons. The molecule has 1 atom stereocenters. The molecule has 2 aromatic heterocycles. The predicted octanol–water partition coefficient (Wildman–Crippen LogP) is 5.88. The molecule has 1 aliphatic heterocycles. The van der Waals surface area contributed by atoms with Gasteiger partial charge in [0.25, 0.3) is 0 Å². The van der Waals surface area contributed by atoms with Crippen LogP contribution in [-0.2, 0) is 0 Å². The highest BCUT2D eigenvalue weighted by Gasteiger charge is 2.31. The van der Waals surface area contributed by atoms with Crippen LogP contribution in [0.5, 0.6) is 5.75 Å². The second-order valence-corrected chi connectivity index (χ2v) is 7.85. The smallest absolute Gasteiger partial charge is 0.235 e. The average molecular weight is 359 g/mol. The molecular formula is C19H15ClO3S. The Labute approximate surface area is 148 Å². The van der Waals surface area contributed by atoms with E-state index in [1.807, 2.05) is 26.8 Å². The maximum absolute atomic E-state index is 12.9. The van der Waals surface area contributed by atoms with Crippen LogP contribution in [-0.4, -0.2) is 0 Å². The minimum atomic E-state index is -0.276. The zero-order chi connectivity index (χ0) is 17.0. The predicted molar refractivity (Wildman–Crippen MR) is 98.3 cm³/mol. The van der Waals surface area contributed by atoms with Gasteiger partial charge < -0.3 is 9.15 Å². The van der Waals surface area contributed by atoms with Crippen LogP contribution in [0.25, 0.3) is 21.6 Å². The molecule has 0 N–H and O–H groups in total. The number of thiophene rings is 1. The maximum Gasteiger partial charge on any atom is 0.235 e. The molecule has 3 heterocycles. The Balaban J connectivity index is 2.05. The van der Waals surface area contributed by atoms with E-state index in [0.717, 1.165) is 20.9 Å². The first-order valence-electron chi connectivity index (χ1n) is 7.63. The van der Waals surface area contributed by atoms with Crippen LogP contribution in [0.1, 0.15) is 30.4 Å². The fraction of sp³-hybridized carbons (Fsp3) is 0.211. The molecule has 1 aromatic carbocycles. The third-order valence-electron chi connectivity index (χ3n) is 3.94. The fourth-order valence-corrected chi connectivity index (χ4v) is 4.15. The standard InChI is InChI=1S/C19H15ClO3S/c1-9(2)6-15-13-7-10(3)24-19(13)18-17(23-15)16(21)12-8-11(20)4-5-14(12)22-18/h4-8,15H,1-3H3. The van der Waals surface area contributed by atoms with Crippen molar-refractivity contribution in [2.24, 2.45) is 0 Å². The van der Waals surface area contributed by atoms with Gasteiger partial charge in [0.15, 0.2) is 5.76 Å². The number of rotatable bonds is 1. The summed E-state index contributed by atoms with van der Waals surface area (Å²) in [6.07, 6.45) is 1.75. The number of halogens is 1. The van der Waals surface area contributed by atoms with Crippen molar-refractivity contribution >= 4 is 33.9 Å². The van der Waals surface area contributed by atoms with Gasteiger partial charge in [-0.1, -0.05) is 17.2 Å². The molecule has 0 saturated carbocycles. The number of aryl methyl sites for hydroxylation is 1. The molecule has 24 heavy (non-hydrogen) atoms. The SMILES string of the molecule is CC(C)=CC1Oc2c(oc3ccc(Cl)cc3c2=O)-c2sc(C)cc21. The second kappa shape index (κ2) is 5.50. The van der Waals surface area contributed by atoms with Gasteiger partial charge in [-0.25, -0.2) is 0 Å². The van der Waals surface area contributed by atoms with Gasteiger partial charge in [0.1, 0.15) is 11.7 Å². The van der Waals surface area contributed by atoms with Crippen molar-refractivity contribution in [3.63, 3.8) is 0 Å². The first kappa shape index (κ1) is 15.5. The molecule has 4 rings (SSSR count). The molecule has 0 aliphatic carbocycles. The van der Waals surface area contributed by atoms with Gasteiger partial charge in [0.2, 0.25) is 11.2 Å². The minimum Gasteiger partial charge on any atom is -0.474 e. The van der Waals surface area contributed by atoms with Crippen molar-refractivity contribution in [3.05, 3.63) is 61.6 Å². The van der Waals surface area contributed by atoms with Crippen molar-refractivity contribution in [2.75, 3.05) is 0 Å². The highest BCUT2D eigenvalue weighted by molar-refractivity contribution is 7.15. The number of hydrogen-bond acceptors (Lipinski definition) is 4. The van der Waals surface area contributed by atoms with E-state index < -0.39 is 0 Å². The number of benzene rings is 1. The summed E-state index contributed by atoms with van der Waals surface area (Å²) >= 11 is 7.64. The molecule has 0 saturated heterocycles. The van der Waals surface area contributed by atoms with Crippen LogP contribution in [0.3, 0.4) is 0 Å². The Kier molecular flexibility index (Phi) is 3.55. The summed E-state index contributed by atoms with van der Waals surface area (Å²) in [6.45, 7) is 6.07. The quantitative estimate of drug-likeness (QED) is 0.509. The number of hydrogen-bond donors (Lipinski definition) is 0. The van der Waals surface area contributed by atoms with Gasteiger partial charge in [-0.05, 0) is 51.1 Å². The fourth-order valence-electron chi connectivity index (χ4n) is 2.95. The largest absolute Gasteiger partial charge is 0.474 e. The van der Waals surface area contributed by atoms with E-state index in [4.69, 9.17) is 20.8 Å². The zero-order valence-electron chi connectivity index (χ0n) is 13.5. The van der Waals surface area contributed by atoms with Crippen LogP contribution >= 0.6 is 22.9 Å². The van der Waals surface area contributed by atoms with Gasteiger partial charge in [-0.15, -0.1) is 11.3 Å². The first-order chi connectivity index (χ1) is 11.4. The lowest BCUT2D eigenvalue weighted by Gasteiger charge is -2.23. The van der Waals surface area contributed by atoms with Crippen molar-refractivity contribution in [3.8, 4) is 16.4 Å². The third kappa shape index (κ3) is 2.38. The summed E-state index contributed by atoms with van der Waals surface area (Å²) in [4.78, 5) is 15.0. The summed E-state index contributed by atoms with van der Waals surface area (Å²) in [6, 6.07) is 7.16. The minimum absolute atomic E-state index is 0.183.